The van der Waals surface area contributed by atoms with E-state index in [1.165, 1.54) is 5.56 Å². The highest BCUT2D eigenvalue weighted by molar-refractivity contribution is 5.28. The van der Waals surface area contributed by atoms with Gasteiger partial charge in [-0.15, -0.1) is 0 Å². The minimum Gasteiger partial charge on any atom is -0.497 e. The Kier molecular flexibility index (Phi) is 4.59. The third-order valence-electron chi connectivity index (χ3n) is 2.74. The van der Waals surface area contributed by atoms with Crippen LogP contribution in [0.25, 0.3) is 0 Å². The first kappa shape index (κ1) is 12.0. The second kappa shape index (κ2) is 5.73. The number of hydrogen-bond donors (Lipinski definition) is 1. The minimum absolute atomic E-state index is 0.388. The molecule has 0 saturated carbocycles. The Hall–Kier alpha value is -1.06. The number of rotatable bonds is 5. The van der Waals surface area contributed by atoms with Gasteiger partial charge in [0.15, 0.2) is 0 Å². The van der Waals surface area contributed by atoms with Crippen molar-refractivity contribution in [3.8, 4) is 5.75 Å². The number of nitrogens with zero attached hydrogens (tertiary/aromatic N) is 1. The topological polar surface area (TPSA) is 38.5 Å². The van der Waals surface area contributed by atoms with Gasteiger partial charge in [0.2, 0.25) is 0 Å². The molecule has 0 aliphatic rings. The molecule has 2 N–H and O–H groups in total. The number of hydrogen-bond acceptors (Lipinski definition) is 3. The van der Waals surface area contributed by atoms with Gasteiger partial charge in [0.05, 0.1) is 7.11 Å². The fraction of sp³-hybridized carbons (Fsp3) is 0.500. The quantitative estimate of drug-likeness (QED) is 0.799. The molecule has 3 heteroatoms. The van der Waals surface area contributed by atoms with Crippen molar-refractivity contribution in [3.63, 3.8) is 0 Å². The summed E-state index contributed by atoms with van der Waals surface area (Å²) >= 11 is 0. The van der Waals surface area contributed by atoms with Crippen molar-refractivity contribution in [2.75, 3.05) is 27.2 Å². The lowest BCUT2D eigenvalue weighted by atomic mass is 10.1. The van der Waals surface area contributed by atoms with Crippen molar-refractivity contribution in [2.24, 2.45) is 5.73 Å². The molecule has 84 valence electrons. The van der Waals surface area contributed by atoms with Gasteiger partial charge in [0.25, 0.3) is 0 Å². The van der Waals surface area contributed by atoms with E-state index in [0.29, 0.717) is 12.6 Å². The number of nitrogens with two attached hydrogens (primary N) is 1. The van der Waals surface area contributed by atoms with Crippen LogP contribution in [0.4, 0.5) is 0 Å². The molecule has 0 spiro atoms. The second-order valence-electron chi connectivity index (χ2n) is 3.72. The first-order chi connectivity index (χ1) is 7.19. The van der Waals surface area contributed by atoms with E-state index >= 15 is 0 Å². The summed E-state index contributed by atoms with van der Waals surface area (Å²) in [5.74, 6) is 0.896. The Morgan fingerprint density at radius 3 is 2.40 bits per heavy atom. The molecular weight excluding hydrogens is 188 g/mol. The van der Waals surface area contributed by atoms with Crippen LogP contribution in [0.1, 0.15) is 18.5 Å². The molecule has 0 radical (unpaired) electrons. The maximum absolute atomic E-state index is 5.53. The highest BCUT2D eigenvalue weighted by atomic mass is 16.5. The molecule has 0 aliphatic carbocycles. The zero-order valence-corrected chi connectivity index (χ0v) is 9.73. The number of ether oxygens (including phenoxy) is 1. The summed E-state index contributed by atoms with van der Waals surface area (Å²) < 4.78 is 5.12. The predicted molar refractivity (Wildman–Crippen MR) is 63.1 cm³/mol. The van der Waals surface area contributed by atoms with Crippen molar-refractivity contribution in [3.05, 3.63) is 29.8 Å². The fourth-order valence-electron chi connectivity index (χ4n) is 1.53. The summed E-state index contributed by atoms with van der Waals surface area (Å²) in [6, 6.07) is 8.55. The smallest absolute Gasteiger partial charge is 0.118 e. The van der Waals surface area contributed by atoms with Gasteiger partial charge in [-0.25, -0.2) is 0 Å². The number of benzene rings is 1. The average molecular weight is 208 g/mol. The van der Waals surface area contributed by atoms with Gasteiger partial charge in [-0.2, -0.15) is 0 Å². The average Bonchev–Trinajstić information content (AvgIpc) is 2.28. The lowest BCUT2D eigenvalue weighted by molar-refractivity contribution is 0.269. The summed E-state index contributed by atoms with van der Waals surface area (Å²) in [6.07, 6.45) is 0. The van der Waals surface area contributed by atoms with Gasteiger partial charge < -0.3 is 10.5 Å². The van der Waals surface area contributed by atoms with Gasteiger partial charge in [-0.3, -0.25) is 4.90 Å². The minimum atomic E-state index is 0.388. The van der Waals surface area contributed by atoms with E-state index in [-0.39, 0.29) is 0 Å². The van der Waals surface area contributed by atoms with Crippen molar-refractivity contribution in [1.29, 1.82) is 0 Å². The summed E-state index contributed by atoms with van der Waals surface area (Å²) in [7, 11) is 3.76. The molecule has 0 heterocycles. The lowest BCUT2D eigenvalue weighted by Crippen LogP contribution is -2.28. The molecule has 0 amide bonds. The molecule has 0 bridgehead atoms. The Bertz CT molecular complexity index is 284. The molecule has 0 fully saturated rings. The second-order valence-corrected chi connectivity index (χ2v) is 3.72. The Morgan fingerprint density at radius 1 is 1.33 bits per heavy atom. The van der Waals surface area contributed by atoms with Crippen LogP contribution >= 0.6 is 0 Å². The third kappa shape index (κ3) is 3.22. The summed E-state index contributed by atoms with van der Waals surface area (Å²) in [6.45, 7) is 3.78. The SMILES string of the molecule is COc1ccc(C(C)N(C)CCN)cc1. The van der Waals surface area contributed by atoms with E-state index in [1.54, 1.807) is 7.11 Å². The van der Waals surface area contributed by atoms with Crippen LogP contribution < -0.4 is 10.5 Å². The zero-order chi connectivity index (χ0) is 11.3. The molecule has 1 atom stereocenters. The van der Waals surface area contributed by atoms with Crippen LogP contribution in [0, 0.1) is 0 Å². The first-order valence-corrected chi connectivity index (χ1v) is 5.23. The Balaban J connectivity index is 2.69. The molecule has 1 unspecified atom stereocenters. The molecule has 15 heavy (non-hydrogen) atoms. The highest BCUT2D eigenvalue weighted by Crippen LogP contribution is 2.20. The molecule has 0 saturated heterocycles. The van der Waals surface area contributed by atoms with E-state index < -0.39 is 0 Å². The monoisotopic (exact) mass is 208 g/mol. The first-order valence-electron chi connectivity index (χ1n) is 5.23. The van der Waals surface area contributed by atoms with Crippen molar-refractivity contribution in [1.82, 2.24) is 4.90 Å². The molecule has 0 aliphatic heterocycles. The van der Waals surface area contributed by atoms with Crippen LogP contribution in [0.3, 0.4) is 0 Å². The van der Waals surface area contributed by atoms with E-state index in [1.807, 2.05) is 12.1 Å². The Labute approximate surface area is 91.8 Å². The molecule has 1 rings (SSSR count). The normalized spacial score (nSPS) is 12.9. The molecule has 1 aromatic rings. The van der Waals surface area contributed by atoms with E-state index in [9.17, 15) is 0 Å². The molecule has 3 nitrogen and oxygen atoms in total. The van der Waals surface area contributed by atoms with E-state index in [4.69, 9.17) is 10.5 Å². The Morgan fingerprint density at radius 2 is 1.93 bits per heavy atom. The molecule has 0 aromatic heterocycles. The van der Waals surface area contributed by atoms with Crippen LogP contribution in [-0.2, 0) is 0 Å². The van der Waals surface area contributed by atoms with Crippen LogP contribution in [0.2, 0.25) is 0 Å². The standard InChI is InChI=1S/C12H20N2O/c1-10(14(2)9-8-13)11-4-6-12(15-3)7-5-11/h4-7,10H,8-9,13H2,1-3H3. The maximum Gasteiger partial charge on any atom is 0.118 e. The van der Waals surface area contributed by atoms with Crippen LogP contribution in [0.5, 0.6) is 5.75 Å². The van der Waals surface area contributed by atoms with Gasteiger partial charge in [0, 0.05) is 19.1 Å². The van der Waals surface area contributed by atoms with Crippen molar-refractivity contribution in [2.45, 2.75) is 13.0 Å². The fourth-order valence-corrected chi connectivity index (χ4v) is 1.53. The maximum atomic E-state index is 5.53. The van der Waals surface area contributed by atoms with Crippen molar-refractivity contribution < 1.29 is 4.74 Å². The van der Waals surface area contributed by atoms with Gasteiger partial charge >= 0.3 is 0 Å². The molecular formula is C12H20N2O. The molecule has 1 aromatic carbocycles. The number of methoxy groups -OCH3 is 1. The highest BCUT2D eigenvalue weighted by Gasteiger charge is 2.10. The number of likely N-dealkylation sites (N-methyl/N-ethyl adjacent to an activating group) is 1. The van der Waals surface area contributed by atoms with Crippen molar-refractivity contribution >= 4 is 0 Å². The summed E-state index contributed by atoms with van der Waals surface area (Å²) in [4.78, 5) is 2.24. The van der Waals surface area contributed by atoms with E-state index in [0.717, 1.165) is 12.3 Å². The van der Waals surface area contributed by atoms with E-state index in [2.05, 4.69) is 31.0 Å². The third-order valence-corrected chi connectivity index (χ3v) is 2.74. The van der Waals surface area contributed by atoms with Gasteiger partial charge in [-0.05, 0) is 31.7 Å². The van der Waals surface area contributed by atoms with Crippen LogP contribution in [-0.4, -0.2) is 32.1 Å². The summed E-state index contributed by atoms with van der Waals surface area (Å²) in [5, 5.41) is 0. The zero-order valence-electron chi connectivity index (χ0n) is 9.73. The lowest BCUT2D eigenvalue weighted by Gasteiger charge is -2.24. The van der Waals surface area contributed by atoms with Gasteiger partial charge in [-0.1, -0.05) is 12.1 Å². The predicted octanol–water partition coefficient (Wildman–Crippen LogP) is 1.65. The van der Waals surface area contributed by atoms with Crippen LogP contribution in [0.15, 0.2) is 24.3 Å². The largest absolute Gasteiger partial charge is 0.497 e. The summed E-state index contributed by atoms with van der Waals surface area (Å²) in [5.41, 5.74) is 6.81. The van der Waals surface area contributed by atoms with Gasteiger partial charge in [0.1, 0.15) is 5.75 Å².